The summed E-state index contributed by atoms with van der Waals surface area (Å²) in [6, 6.07) is 8.20. The highest BCUT2D eigenvalue weighted by Crippen LogP contribution is 2.20. The lowest BCUT2D eigenvalue weighted by molar-refractivity contribution is 0.102. The number of aromatic nitrogens is 1. The number of hydrogen-bond acceptors (Lipinski definition) is 3. The molecule has 1 amide bonds. The van der Waals surface area contributed by atoms with Crippen LogP contribution in [-0.2, 0) is 0 Å². The van der Waals surface area contributed by atoms with Crippen LogP contribution in [0.1, 0.15) is 10.4 Å². The highest BCUT2D eigenvalue weighted by molar-refractivity contribution is 7.98. The molecule has 1 aromatic heterocycles. The highest BCUT2D eigenvalue weighted by Gasteiger charge is 2.16. The second kappa shape index (κ2) is 5.79. The number of pyridine rings is 1. The minimum atomic E-state index is -1.29. The number of nitrogens with zero attached hydrogens (tertiary/aromatic N) is 1. The molecule has 0 saturated carbocycles. The van der Waals surface area contributed by atoms with Crippen LogP contribution in [0, 0.1) is 11.8 Å². The quantitative estimate of drug-likeness (QED) is 0.692. The maximum Gasteiger partial charge on any atom is 0.258 e. The van der Waals surface area contributed by atoms with Gasteiger partial charge in [0.2, 0.25) is 5.95 Å². The first kappa shape index (κ1) is 13.5. The van der Waals surface area contributed by atoms with E-state index in [1.54, 1.807) is 18.2 Å². The summed E-state index contributed by atoms with van der Waals surface area (Å²) >= 11 is 1.52. The first-order valence-corrected chi connectivity index (χ1v) is 6.59. The number of anilines is 1. The number of hydrogen-bond donors (Lipinski definition) is 1. The Morgan fingerprint density at radius 1 is 1.32 bits per heavy atom. The van der Waals surface area contributed by atoms with Crippen molar-refractivity contribution >= 4 is 23.4 Å². The van der Waals surface area contributed by atoms with Crippen molar-refractivity contribution in [2.24, 2.45) is 0 Å². The van der Waals surface area contributed by atoms with Crippen LogP contribution in [0.25, 0.3) is 0 Å². The zero-order valence-electron chi connectivity index (χ0n) is 9.98. The zero-order valence-corrected chi connectivity index (χ0v) is 10.8. The molecular weight excluding hydrogens is 270 g/mol. The summed E-state index contributed by atoms with van der Waals surface area (Å²) in [6.07, 6.45) is 2.95. The van der Waals surface area contributed by atoms with Crippen molar-refractivity contribution in [1.29, 1.82) is 0 Å². The van der Waals surface area contributed by atoms with E-state index in [0.717, 1.165) is 17.2 Å². The molecule has 2 rings (SSSR count). The molecule has 98 valence electrons. The maximum absolute atomic E-state index is 13.4. The lowest BCUT2D eigenvalue weighted by Gasteiger charge is -2.07. The molecule has 0 atom stereocenters. The molecule has 0 bridgehead atoms. The average molecular weight is 280 g/mol. The van der Waals surface area contributed by atoms with Crippen molar-refractivity contribution in [3.8, 4) is 0 Å². The standard InChI is InChI=1S/C13H10F2N2OS/c1-19-9-4-2-3-8(7-9)17-13(18)10-5-6-16-12(15)11(10)14/h2-7H,1H3,(H,17,18). The van der Waals surface area contributed by atoms with Gasteiger partial charge in [0.05, 0.1) is 5.56 Å². The monoisotopic (exact) mass is 280 g/mol. The SMILES string of the molecule is CSc1cccc(NC(=O)c2ccnc(F)c2F)c1. The van der Waals surface area contributed by atoms with Crippen LogP contribution < -0.4 is 5.32 Å². The Morgan fingerprint density at radius 2 is 2.11 bits per heavy atom. The lowest BCUT2D eigenvalue weighted by atomic mass is 10.2. The van der Waals surface area contributed by atoms with E-state index in [1.807, 2.05) is 12.3 Å². The van der Waals surface area contributed by atoms with Crippen molar-refractivity contribution in [2.45, 2.75) is 4.90 Å². The van der Waals surface area contributed by atoms with Crippen molar-refractivity contribution in [1.82, 2.24) is 4.98 Å². The summed E-state index contributed by atoms with van der Waals surface area (Å²) < 4.78 is 26.3. The van der Waals surface area contributed by atoms with Gasteiger partial charge in [0.1, 0.15) is 0 Å². The van der Waals surface area contributed by atoms with Crippen molar-refractivity contribution in [2.75, 3.05) is 11.6 Å². The van der Waals surface area contributed by atoms with E-state index in [1.165, 1.54) is 11.8 Å². The molecule has 19 heavy (non-hydrogen) atoms. The lowest BCUT2D eigenvalue weighted by Crippen LogP contribution is -2.15. The Kier molecular flexibility index (Phi) is 4.11. The topological polar surface area (TPSA) is 42.0 Å². The second-order valence-electron chi connectivity index (χ2n) is 3.65. The molecule has 6 heteroatoms. The fourth-order valence-corrected chi connectivity index (χ4v) is 1.95. The molecule has 2 aromatic rings. The number of thioether (sulfide) groups is 1. The van der Waals surface area contributed by atoms with Crippen LogP contribution in [0.2, 0.25) is 0 Å². The largest absolute Gasteiger partial charge is 0.322 e. The first-order valence-electron chi connectivity index (χ1n) is 5.37. The molecule has 0 radical (unpaired) electrons. The Bertz CT molecular complexity index is 619. The van der Waals surface area contributed by atoms with Crippen molar-refractivity contribution in [3.05, 3.63) is 53.9 Å². The summed E-state index contributed by atoms with van der Waals surface area (Å²) in [4.78, 5) is 15.9. The molecule has 0 fully saturated rings. The number of carbonyl (C=O) groups is 1. The van der Waals surface area contributed by atoms with Crippen molar-refractivity contribution < 1.29 is 13.6 Å². The van der Waals surface area contributed by atoms with Gasteiger partial charge in [0.25, 0.3) is 5.91 Å². The van der Waals surface area contributed by atoms with Gasteiger partial charge in [-0.15, -0.1) is 11.8 Å². The van der Waals surface area contributed by atoms with Gasteiger partial charge in [-0.2, -0.15) is 4.39 Å². The van der Waals surface area contributed by atoms with Gasteiger partial charge >= 0.3 is 0 Å². The van der Waals surface area contributed by atoms with Gasteiger partial charge in [0, 0.05) is 16.8 Å². The van der Waals surface area contributed by atoms with Gasteiger partial charge in [-0.1, -0.05) is 6.07 Å². The van der Waals surface area contributed by atoms with Gasteiger partial charge < -0.3 is 5.32 Å². The Hall–Kier alpha value is -1.95. The Morgan fingerprint density at radius 3 is 2.84 bits per heavy atom. The number of carbonyl (C=O) groups excluding carboxylic acids is 1. The van der Waals surface area contributed by atoms with E-state index in [-0.39, 0.29) is 5.56 Å². The van der Waals surface area contributed by atoms with Gasteiger partial charge in [0.15, 0.2) is 5.82 Å². The minimum absolute atomic E-state index is 0.373. The molecule has 0 aliphatic heterocycles. The number of amides is 1. The van der Waals surface area contributed by atoms with Crippen LogP contribution in [0.3, 0.4) is 0 Å². The number of benzene rings is 1. The van der Waals surface area contributed by atoms with E-state index in [9.17, 15) is 13.6 Å². The predicted octanol–water partition coefficient (Wildman–Crippen LogP) is 3.33. The molecule has 0 saturated heterocycles. The summed E-state index contributed by atoms with van der Waals surface area (Å²) in [5.74, 6) is -3.25. The first-order chi connectivity index (χ1) is 9.11. The molecule has 0 spiro atoms. The van der Waals surface area contributed by atoms with Crippen LogP contribution in [0.5, 0.6) is 0 Å². The van der Waals surface area contributed by atoms with Crippen LogP contribution in [0.15, 0.2) is 41.4 Å². The number of rotatable bonds is 3. The minimum Gasteiger partial charge on any atom is -0.322 e. The van der Waals surface area contributed by atoms with Crippen molar-refractivity contribution in [3.63, 3.8) is 0 Å². The predicted molar refractivity (Wildman–Crippen MR) is 70.3 cm³/mol. The smallest absolute Gasteiger partial charge is 0.258 e. The van der Waals surface area contributed by atoms with E-state index in [4.69, 9.17) is 0 Å². The zero-order chi connectivity index (χ0) is 13.8. The maximum atomic E-state index is 13.4. The van der Waals surface area contributed by atoms with E-state index < -0.39 is 17.7 Å². The fourth-order valence-electron chi connectivity index (χ4n) is 1.49. The Balaban J connectivity index is 2.23. The van der Waals surface area contributed by atoms with Crippen LogP contribution in [-0.4, -0.2) is 17.1 Å². The summed E-state index contributed by atoms with van der Waals surface area (Å²) in [7, 11) is 0. The van der Waals surface area contributed by atoms with Crippen LogP contribution in [0.4, 0.5) is 14.5 Å². The highest BCUT2D eigenvalue weighted by atomic mass is 32.2. The van der Waals surface area contributed by atoms with E-state index in [0.29, 0.717) is 5.69 Å². The second-order valence-corrected chi connectivity index (χ2v) is 4.53. The molecule has 1 aromatic carbocycles. The molecular formula is C13H10F2N2OS. The van der Waals surface area contributed by atoms with Gasteiger partial charge in [-0.3, -0.25) is 4.79 Å². The van der Waals surface area contributed by atoms with Gasteiger partial charge in [-0.05, 0) is 30.5 Å². The number of nitrogens with one attached hydrogen (secondary N) is 1. The molecule has 3 nitrogen and oxygen atoms in total. The third kappa shape index (κ3) is 3.08. The fraction of sp³-hybridized carbons (Fsp3) is 0.0769. The van der Waals surface area contributed by atoms with Crippen LogP contribution >= 0.6 is 11.8 Å². The Labute approximate surface area is 113 Å². The van der Waals surface area contributed by atoms with E-state index >= 15 is 0 Å². The summed E-state index contributed by atoms with van der Waals surface area (Å²) in [6.45, 7) is 0. The molecule has 1 heterocycles. The summed E-state index contributed by atoms with van der Waals surface area (Å²) in [5.41, 5.74) is 0.149. The molecule has 0 aliphatic carbocycles. The molecule has 0 aliphatic rings. The van der Waals surface area contributed by atoms with E-state index in [2.05, 4.69) is 10.3 Å². The third-order valence-corrected chi connectivity index (χ3v) is 3.14. The molecule has 1 N–H and O–H groups in total. The third-order valence-electron chi connectivity index (χ3n) is 2.42. The normalized spacial score (nSPS) is 10.3. The average Bonchev–Trinajstić information content (AvgIpc) is 2.42. The number of halogens is 2. The summed E-state index contributed by atoms with van der Waals surface area (Å²) in [5, 5.41) is 2.51. The van der Waals surface area contributed by atoms with Gasteiger partial charge in [-0.25, -0.2) is 9.37 Å². The molecule has 0 unspecified atom stereocenters.